The first kappa shape index (κ1) is 18.3. The van der Waals surface area contributed by atoms with E-state index in [0.29, 0.717) is 10.8 Å². The van der Waals surface area contributed by atoms with E-state index in [1.807, 2.05) is 0 Å². The maximum Gasteiger partial charge on any atom is 0.0622 e. The van der Waals surface area contributed by atoms with E-state index in [2.05, 4.69) is 27.7 Å². The molecule has 0 radical (unpaired) electrons. The molecule has 0 saturated heterocycles. The highest BCUT2D eigenvalue weighted by molar-refractivity contribution is 5.10. The zero-order valence-electron chi connectivity index (χ0n) is 17.3. The van der Waals surface area contributed by atoms with Gasteiger partial charge in [-0.25, -0.2) is 0 Å². The maximum absolute atomic E-state index is 10.6. The van der Waals surface area contributed by atoms with Gasteiger partial charge in [-0.2, -0.15) is 0 Å². The van der Waals surface area contributed by atoms with Gasteiger partial charge in [0.15, 0.2) is 0 Å². The molecule has 0 spiro atoms. The number of hydrogen-bond donors (Lipinski definition) is 1. The van der Waals surface area contributed by atoms with Gasteiger partial charge in [-0.05, 0) is 112 Å². The van der Waals surface area contributed by atoms with Crippen LogP contribution in [0.4, 0.5) is 0 Å². The molecule has 4 saturated carbocycles. The van der Waals surface area contributed by atoms with E-state index in [1.165, 1.54) is 64.2 Å². The van der Waals surface area contributed by atoms with Crippen LogP contribution in [0.5, 0.6) is 0 Å². The van der Waals surface area contributed by atoms with Gasteiger partial charge in [-0.1, -0.05) is 33.6 Å². The van der Waals surface area contributed by atoms with Crippen LogP contribution in [0.25, 0.3) is 0 Å². The Kier molecular flexibility index (Phi) is 4.58. The molecule has 0 bridgehead atoms. The molecule has 1 nitrogen and oxygen atoms in total. The molecule has 0 aromatic carbocycles. The summed E-state index contributed by atoms with van der Waals surface area (Å²) < 4.78 is 0. The highest BCUT2D eigenvalue weighted by Crippen LogP contribution is 2.68. The zero-order valence-corrected chi connectivity index (χ0v) is 17.3. The van der Waals surface area contributed by atoms with Gasteiger partial charge in [-0.15, -0.1) is 0 Å². The van der Waals surface area contributed by atoms with Crippen molar-refractivity contribution >= 4 is 0 Å². The van der Waals surface area contributed by atoms with Gasteiger partial charge >= 0.3 is 0 Å². The van der Waals surface area contributed by atoms with Crippen LogP contribution >= 0.6 is 0 Å². The summed E-state index contributed by atoms with van der Waals surface area (Å²) in [6, 6.07) is 0. The summed E-state index contributed by atoms with van der Waals surface area (Å²) in [4.78, 5) is 0. The summed E-state index contributed by atoms with van der Waals surface area (Å²) in [6.07, 6.45) is 16.5. The topological polar surface area (TPSA) is 20.2 Å². The number of aliphatic hydroxyl groups is 1. The predicted octanol–water partition coefficient (Wildman–Crippen LogP) is 6.59. The molecule has 0 aromatic rings. The van der Waals surface area contributed by atoms with Gasteiger partial charge in [0.05, 0.1) is 5.60 Å². The number of rotatable bonds is 3. The standard InChI is InChI=1S/C24H42O/c1-5-6-7-17-9-11-20-19-10-8-18-16-22(2,25)14-15-24(18,4)21(19)12-13-23(17,20)3/h17-21,25H,5-16H2,1-4H3/t17-,18?,19-,20?,21?,22-,23+,24-/m0/s1. The second kappa shape index (κ2) is 6.25. The summed E-state index contributed by atoms with van der Waals surface area (Å²) >= 11 is 0. The van der Waals surface area contributed by atoms with Crippen LogP contribution in [0.1, 0.15) is 105 Å². The molecule has 4 aliphatic carbocycles. The Hall–Kier alpha value is -0.0400. The second-order valence-corrected chi connectivity index (χ2v) is 11.3. The summed E-state index contributed by atoms with van der Waals surface area (Å²) in [5, 5.41) is 10.6. The van der Waals surface area contributed by atoms with E-state index in [-0.39, 0.29) is 0 Å². The average Bonchev–Trinajstić information content (AvgIpc) is 2.90. The fourth-order valence-corrected chi connectivity index (χ4v) is 8.46. The molecule has 0 amide bonds. The Morgan fingerprint density at radius 2 is 1.60 bits per heavy atom. The number of hydrogen-bond acceptors (Lipinski definition) is 1. The molecule has 0 aliphatic heterocycles. The molecule has 4 rings (SSSR count). The maximum atomic E-state index is 10.6. The van der Waals surface area contributed by atoms with Crippen molar-refractivity contribution in [2.75, 3.05) is 0 Å². The zero-order chi connectivity index (χ0) is 17.9. The third kappa shape index (κ3) is 2.82. The van der Waals surface area contributed by atoms with Crippen molar-refractivity contribution in [3.8, 4) is 0 Å². The van der Waals surface area contributed by atoms with E-state index in [1.54, 1.807) is 0 Å². The molecule has 1 N–H and O–H groups in total. The van der Waals surface area contributed by atoms with Crippen molar-refractivity contribution in [3.05, 3.63) is 0 Å². The van der Waals surface area contributed by atoms with Crippen LogP contribution in [-0.4, -0.2) is 10.7 Å². The third-order valence-electron chi connectivity index (χ3n) is 10.1. The van der Waals surface area contributed by atoms with Crippen molar-refractivity contribution in [1.29, 1.82) is 0 Å². The van der Waals surface area contributed by atoms with Crippen LogP contribution in [0.3, 0.4) is 0 Å². The van der Waals surface area contributed by atoms with E-state index in [0.717, 1.165) is 42.4 Å². The van der Waals surface area contributed by atoms with Crippen molar-refractivity contribution in [2.45, 2.75) is 110 Å². The summed E-state index contributed by atoms with van der Waals surface area (Å²) in [7, 11) is 0. The minimum absolute atomic E-state index is 0.390. The second-order valence-electron chi connectivity index (χ2n) is 11.3. The van der Waals surface area contributed by atoms with Crippen molar-refractivity contribution < 1.29 is 5.11 Å². The lowest BCUT2D eigenvalue weighted by Crippen LogP contribution is -2.55. The van der Waals surface area contributed by atoms with Gasteiger partial charge in [0, 0.05) is 0 Å². The Labute approximate surface area is 156 Å². The average molecular weight is 347 g/mol. The van der Waals surface area contributed by atoms with Gasteiger partial charge < -0.3 is 5.11 Å². The fourth-order valence-electron chi connectivity index (χ4n) is 8.46. The minimum Gasteiger partial charge on any atom is -0.390 e. The molecule has 144 valence electrons. The van der Waals surface area contributed by atoms with Gasteiger partial charge in [0.2, 0.25) is 0 Å². The largest absolute Gasteiger partial charge is 0.390 e. The molecule has 4 fully saturated rings. The van der Waals surface area contributed by atoms with Crippen LogP contribution in [0.2, 0.25) is 0 Å². The monoisotopic (exact) mass is 346 g/mol. The lowest BCUT2D eigenvalue weighted by Gasteiger charge is -2.62. The minimum atomic E-state index is -0.390. The highest BCUT2D eigenvalue weighted by atomic mass is 16.3. The number of fused-ring (bicyclic) bond motifs is 5. The third-order valence-corrected chi connectivity index (χ3v) is 10.1. The van der Waals surface area contributed by atoms with Gasteiger partial charge in [0.1, 0.15) is 0 Å². The predicted molar refractivity (Wildman–Crippen MR) is 105 cm³/mol. The Balaban J connectivity index is 1.54. The molecule has 1 heteroatoms. The van der Waals surface area contributed by atoms with Crippen molar-refractivity contribution in [3.63, 3.8) is 0 Å². The Bertz CT molecular complexity index is 496. The summed E-state index contributed by atoms with van der Waals surface area (Å²) in [6.45, 7) is 9.74. The highest BCUT2D eigenvalue weighted by Gasteiger charge is 2.60. The van der Waals surface area contributed by atoms with E-state index in [4.69, 9.17) is 0 Å². The van der Waals surface area contributed by atoms with Gasteiger partial charge in [-0.3, -0.25) is 0 Å². The van der Waals surface area contributed by atoms with Crippen LogP contribution in [0, 0.1) is 40.4 Å². The molecular formula is C24H42O. The SMILES string of the molecule is CCCC[C@H]1CCC2[C@@H]3CCC4C[C@@](C)(O)CC[C@]4(C)C3CC[C@@]21C. The molecule has 4 aliphatic rings. The fraction of sp³-hybridized carbons (Fsp3) is 1.00. The summed E-state index contributed by atoms with van der Waals surface area (Å²) in [5.74, 6) is 4.74. The Morgan fingerprint density at radius 1 is 0.840 bits per heavy atom. The van der Waals surface area contributed by atoms with Crippen molar-refractivity contribution in [2.24, 2.45) is 40.4 Å². The van der Waals surface area contributed by atoms with E-state index >= 15 is 0 Å². The molecule has 0 aromatic heterocycles. The molecular weight excluding hydrogens is 304 g/mol. The lowest BCUT2D eigenvalue weighted by molar-refractivity contribution is -0.146. The molecule has 8 atom stereocenters. The Morgan fingerprint density at radius 3 is 2.36 bits per heavy atom. The first-order valence-electron chi connectivity index (χ1n) is 11.5. The van der Waals surface area contributed by atoms with E-state index in [9.17, 15) is 5.11 Å². The lowest BCUT2D eigenvalue weighted by atomic mass is 9.44. The molecule has 3 unspecified atom stereocenters. The quantitative estimate of drug-likeness (QED) is 0.611. The molecule has 25 heavy (non-hydrogen) atoms. The van der Waals surface area contributed by atoms with Crippen LogP contribution in [0.15, 0.2) is 0 Å². The first-order chi connectivity index (χ1) is 11.8. The first-order valence-corrected chi connectivity index (χ1v) is 11.5. The molecule has 0 heterocycles. The summed E-state index contributed by atoms with van der Waals surface area (Å²) in [5.41, 5.74) is 0.784. The van der Waals surface area contributed by atoms with Crippen LogP contribution in [-0.2, 0) is 0 Å². The van der Waals surface area contributed by atoms with Crippen molar-refractivity contribution in [1.82, 2.24) is 0 Å². The number of unbranched alkanes of at least 4 members (excludes halogenated alkanes) is 1. The normalized spacial score (nSPS) is 55.3. The smallest absolute Gasteiger partial charge is 0.0622 e. The van der Waals surface area contributed by atoms with Crippen LogP contribution < -0.4 is 0 Å². The van der Waals surface area contributed by atoms with E-state index < -0.39 is 5.60 Å². The van der Waals surface area contributed by atoms with Gasteiger partial charge in [0.25, 0.3) is 0 Å².